The van der Waals surface area contributed by atoms with Crippen molar-refractivity contribution in [2.45, 2.75) is 6.92 Å². The van der Waals surface area contributed by atoms with Gasteiger partial charge in [-0.3, -0.25) is 14.9 Å². The van der Waals surface area contributed by atoms with Crippen molar-refractivity contribution >= 4 is 23.5 Å². The number of carbonyl (C=O) groups excluding carboxylic acids is 3. The molecule has 0 spiro atoms. The molecule has 2 aliphatic rings. The first-order valence-electron chi connectivity index (χ1n) is 7.87. The van der Waals surface area contributed by atoms with Gasteiger partial charge in [-0.05, 0) is 25.6 Å². The maximum Gasteiger partial charge on any atom is 0.335 e. The van der Waals surface area contributed by atoms with E-state index in [4.69, 9.17) is 0 Å². The summed E-state index contributed by atoms with van der Waals surface area (Å²) in [6, 6.07) is 6.38. The van der Waals surface area contributed by atoms with Crippen LogP contribution in [0.5, 0.6) is 0 Å². The van der Waals surface area contributed by atoms with E-state index in [0.717, 1.165) is 36.6 Å². The Morgan fingerprint density at radius 3 is 2.38 bits per heavy atom. The van der Waals surface area contributed by atoms with E-state index >= 15 is 0 Å². The maximum atomic E-state index is 12.8. The second kappa shape index (κ2) is 6.45. The largest absolute Gasteiger partial charge is 0.374 e. The van der Waals surface area contributed by atoms with E-state index in [0.29, 0.717) is 5.69 Å². The second-order valence-corrected chi connectivity index (χ2v) is 6.07. The van der Waals surface area contributed by atoms with Gasteiger partial charge in [0.15, 0.2) is 0 Å². The minimum atomic E-state index is -0.713. The van der Waals surface area contributed by atoms with E-state index in [1.54, 1.807) is 18.3 Å². The molecular formula is C17H20N4O3. The maximum absolute atomic E-state index is 12.8. The summed E-state index contributed by atoms with van der Waals surface area (Å²) < 4.78 is 0. The fourth-order valence-corrected chi connectivity index (χ4v) is 2.81. The summed E-state index contributed by atoms with van der Waals surface area (Å²) in [6.45, 7) is 5.01. The molecule has 0 saturated carbocycles. The molecule has 2 heterocycles. The lowest BCUT2D eigenvalue weighted by Gasteiger charge is -2.33. The van der Waals surface area contributed by atoms with Crippen molar-refractivity contribution < 1.29 is 14.4 Å². The first-order valence-corrected chi connectivity index (χ1v) is 7.87. The molecule has 1 aromatic rings. The van der Waals surface area contributed by atoms with Gasteiger partial charge in [-0.1, -0.05) is 18.2 Å². The Morgan fingerprint density at radius 2 is 1.71 bits per heavy atom. The highest BCUT2D eigenvalue weighted by Crippen LogP contribution is 2.24. The molecular weight excluding hydrogens is 308 g/mol. The molecule has 4 amide bonds. The minimum Gasteiger partial charge on any atom is -0.374 e. The van der Waals surface area contributed by atoms with Crippen molar-refractivity contribution in [2.24, 2.45) is 0 Å². The predicted octanol–water partition coefficient (Wildman–Crippen LogP) is 0.709. The fourth-order valence-electron chi connectivity index (χ4n) is 2.81. The van der Waals surface area contributed by atoms with Crippen LogP contribution in [0.4, 0.5) is 10.5 Å². The molecule has 3 rings (SSSR count). The number of hydrogen-bond acceptors (Lipinski definition) is 5. The zero-order chi connectivity index (χ0) is 17.3. The number of urea groups is 1. The normalized spacial score (nSPS) is 21.4. The summed E-state index contributed by atoms with van der Waals surface area (Å²) in [5, 5.41) is 2.26. The van der Waals surface area contributed by atoms with E-state index < -0.39 is 17.8 Å². The summed E-state index contributed by atoms with van der Waals surface area (Å²) in [5.41, 5.74) is 1.26. The lowest BCUT2D eigenvalue weighted by molar-refractivity contribution is -0.122. The molecule has 7 nitrogen and oxygen atoms in total. The minimum absolute atomic E-state index is 0.0117. The van der Waals surface area contributed by atoms with Gasteiger partial charge in [-0.15, -0.1) is 0 Å². The second-order valence-electron chi connectivity index (χ2n) is 6.07. The van der Waals surface area contributed by atoms with Gasteiger partial charge in [0.2, 0.25) is 0 Å². The highest BCUT2D eigenvalue weighted by atomic mass is 16.2. The van der Waals surface area contributed by atoms with Gasteiger partial charge in [0.05, 0.1) is 5.69 Å². The molecule has 2 aliphatic heterocycles. The number of piperazine rings is 1. The van der Waals surface area contributed by atoms with E-state index in [1.807, 2.05) is 31.0 Å². The molecule has 2 fully saturated rings. The number of aryl methyl sites for hydroxylation is 1. The van der Waals surface area contributed by atoms with Crippen LogP contribution in [0.1, 0.15) is 5.56 Å². The van der Waals surface area contributed by atoms with Gasteiger partial charge in [0, 0.05) is 32.4 Å². The smallest absolute Gasteiger partial charge is 0.335 e. The van der Waals surface area contributed by atoms with Crippen molar-refractivity contribution in [3.63, 3.8) is 0 Å². The summed E-state index contributed by atoms with van der Waals surface area (Å²) in [7, 11) is 2.03. The number of nitrogens with one attached hydrogen (secondary N) is 1. The van der Waals surface area contributed by atoms with Crippen LogP contribution < -0.4 is 10.2 Å². The Labute approximate surface area is 140 Å². The molecule has 0 bridgehead atoms. The summed E-state index contributed by atoms with van der Waals surface area (Å²) in [5.74, 6) is -1.23. The average molecular weight is 328 g/mol. The monoisotopic (exact) mass is 328 g/mol. The van der Waals surface area contributed by atoms with Crippen molar-refractivity contribution in [1.82, 2.24) is 15.1 Å². The molecule has 0 atom stereocenters. The molecule has 1 N–H and O–H groups in total. The Balaban J connectivity index is 1.90. The number of amides is 4. The molecule has 0 unspecified atom stereocenters. The molecule has 2 saturated heterocycles. The van der Waals surface area contributed by atoms with E-state index in [2.05, 4.69) is 10.2 Å². The van der Waals surface area contributed by atoms with Crippen molar-refractivity contribution in [3.05, 3.63) is 41.6 Å². The first-order chi connectivity index (χ1) is 11.5. The molecule has 0 radical (unpaired) electrons. The zero-order valence-electron chi connectivity index (χ0n) is 13.8. The van der Waals surface area contributed by atoms with Gasteiger partial charge >= 0.3 is 6.03 Å². The highest BCUT2D eigenvalue weighted by Gasteiger charge is 2.37. The average Bonchev–Trinajstić information content (AvgIpc) is 2.55. The molecule has 7 heteroatoms. The SMILES string of the molecule is Cc1ccccc1N1C(=O)NC(=O)/C(=C\N2CCN(C)CC2)C1=O. The van der Waals surface area contributed by atoms with Crippen molar-refractivity contribution in [2.75, 3.05) is 38.1 Å². The number of rotatable bonds is 2. The number of benzene rings is 1. The molecule has 0 aromatic heterocycles. The fraction of sp³-hybridized carbons (Fsp3) is 0.353. The van der Waals surface area contributed by atoms with Crippen LogP contribution in [0.25, 0.3) is 0 Å². The summed E-state index contributed by atoms with van der Waals surface area (Å²) in [6.07, 6.45) is 1.57. The van der Waals surface area contributed by atoms with Crippen molar-refractivity contribution in [1.29, 1.82) is 0 Å². The van der Waals surface area contributed by atoms with Crippen LogP contribution in [-0.4, -0.2) is 60.9 Å². The quantitative estimate of drug-likeness (QED) is 0.639. The van der Waals surface area contributed by atoms with Gasteiger partial charge in [0.25, 0.3) is 11.8 Å². The summed E-state index contributed by atoms with van der Waals surface area (Å²) in [4.78, 5) is 42.2. The zero-order valence-corrected chi connectivity index (χ0v) is 13.8. The number of carbonyl (C=O) groups is 3. The Morgan fingerprint density at radius 1 is 1.04 bits per heavy atom. The van der Waals surface area contributed by atoms with Crippen molar-refractivity contribution in [3.8, 4) is 0 Å². The van der Waals surface area contributed by atoms with Crippen LogP contribution in [0.2, 0.25) is 0 Å². The predicted molar refractivity (Wildman–Crippen MR) is 89.4 cm³/mol. The lowest BCUT2D eigenvalue weighted by Crippen LogP contribution is -2.55. The first kappa shape index (κ1) is 16.2. The van der Waals surface area contributed by atoms with Crippen LogP contribution >= 0.6 is 0 Å². The van der Waals surface area contributed by atoms with E-state index in [-0.39, 0.29) is 5.57 Å². The lowest BCUT2D eigenvalue weighted by atomic mass is 10.1. The Hall–Kier alpha value is -2.67. The van der Waals surface area contributed by atoms with Gasteiger partial charge < -0.3 is 9.80 Å². The van der Waals surface area contributed by atoms with E-state index in [9.17, 15) is 14.4 Å². The summed E-state index contributed by atoms with van der Waals surface area (Å²) >= 11 is 0. The van der Waals surface area contributed by atoms with E-state index in [1.165, 1.54) is 0 Å². The third kappa shape index (κ3) is 3.03. The number of nitrogens with zero attached hydrogens (tertiary/aromatic N) is 3. The third-order valence-electron chi connectivity index (χ3n) is 4.31. The topological polar surface area (TPSA) is 73.0 Å². The molecule has 24 heavy (non-hydrogen) atoms. The van der Waals surface area contributed by atoms with Gasteiger partial charge in [-0.25, -0.2) is 9.69 Å². The van der Waals surface area contributed by atoms with Crippen LogP contribution in [0.3, 0.4) is 0 Å². The number of para-hydroxylation sites is 1. The molecule has 126 valence electrons. The number of likely N-dealkylation sites (N-methyl/N-ethyl adjacent to an activating group) is 1. The highest BCUT2D eigenvalue weighted by molar-refractivity contribution is 6.37. The number of hydrogen-bond donors (Lipinski definition) is 1. The van der Waals surface area contributed by atoms with Crippen LogP contribution in [0.15, 0.2) is 36.0 Å². The number of barbiturate groups is 1. The third-order valence-corrected chi connectivity index (χ3v) is 4.31. The Bertz CT molecular complexity index is 720. The standard InChI is InChI=1S/C17H20N4O3/c1-12-5-3-4-6-14(12)21-16(23)13(15(22)18-17(21)24)11-20-9-7-19(2)8-10-20/h3-6,11H,7-10H2,1-2H3,(H,18,22,24)/b13-11+. The molecule has 1 aromatic carbocycles. The van der Waals surface area contributed by atoms with Gasteiger partial charge in [0.1, 0.15) is 5.57 Å². The van der Waals surface area contributed by atoms with Crippen LogP contribution in [0, 0.1) is 6.92 Å². The molecule has 0 aliphatic carbocycles. The van der Waals surface area contributed by atoms with Gasteiger partial charge in [-0.2, -0.15) is 0 Å². The number of anilines is 1. The Kier molecular flexibility index (Phi) is 4.35. The number of imide groups is 2. The van der Waals surface area contributed by atoms with Crippen LogP contribution in [-0.2, 0) is 9.59 Å².